The summed E-state index contributed by atoms with van der Waals surface area (Å²) in [6.45, 7) is 7.41. The first-order chi connectivity index (χ1) is 9.24. The van der Waals surface area contributed by atoms with E-state index in [0.717, 1.165) is 18.9 Å². The maximum atomic E-state index is 9.15. The first-order valence-corrected chi connectivity index (χ1v) is 6.91. The van der Waals surface area contributed by atoms with Crippen molar-refractivity contribution in [2.45, 2.75) is 26.0 Å². The second-order valence-corrected chi connectivity index (χ2v) is 4.85. The Kier molecular flexibility index (Phi) is 5.13. The maximum Gasteiger partial charge on any atom is 0.128 e. The summed E-state index contributed by atoms with van der Waals surface area (Å²) in [6.07, 6.45) is 1.82. The molecule has 0 amide bonds. The van der Waals surface area contributed by atoms with Crippen molar-refractivity contribution in [2.24, 2.45) is 0 Å². The number of aliphatic hydroxyl groups is 1. The molecule has 0 radical (unpaired) electrons. The zero-order valence-corrected chi connectivity index (χ0v) is 11.7. The molecule has 2 atom stereocenters. The topological polar surface area (TPSA) is 57.6 Å². The molecule has 1 aromatic rings. The van der Waals surface area contributed by atoms with Gasteiger partial charge in [0.2, 0.25) is 0 Å². The van der Waals surface area contributed by atoms with Gasteiger partial charge in [-0.25, -0.2) is 4.98 Å². The molecule has 5 nitrogen and oxygen atoms in total. The predicted molar refractivity (Wildman–Crippen MR) is 75.4 cm³/mol. The second-order valence-electron chi connectivity index (χ2n) is 4.85. The molecule has 0 aliphatic carbocycles. The molecule has 0 saturated carbocycles. The zero-order chi connectivity index (χ0) is 13.7. The van der Waals surface area contributed by atoms with Crippen LogP contribution in [0.15, 0.2) is 18.3 Å². The van der Waals surface area contributed by atoms with Crippen molar-refractivity contribution in [1.29, 1.82) is 0 Å². The van der Waals surface area contributed by atoms with Crippen molar-refractivity contribution in [3.63, 3.8) is 0 Å². The van der Waals surface area contributed by atoms with Crippen LogP contribution in [0.3, 0.4) is 0 Å². The van der Waals surface area contributed by atoms with Gasteiger partial charge in [-0.1, -0.05) is 13.0 Å². The van der Waals surface area contributed by atoms with Crippen LogP contribution in [-0.2, 0) is 4.74 Å². The molecule has 1 saturated heterocycles. The van der Waals surface area contributed by atoms with Gasteiger partial charge < -0.3 is 20.1 Å². The van der Waals surface area contributed by atoms with Gasteiger partial charge in [-0.3, -0.25) is 0 Å². The Morgan fingerprint density at radius 1 is 1.58 bits per heavy atom. The highest BCUT2D eigenvalue weighted by atomic mass is 16.5. The fraction of sp³-hybridized carbons (Fsp3) is 0.643. The molecule has 2 rings (SSSR count). The molecule has 2 unspecified atom stereocenters. The third-order valence-electron chi connectivity index (χ3n) is 3.45. The quantitative estimate of drug-likeness (QED) is 0.830. The molecule has 2 N–H and O–H groups in total. The minimum atomic E-state index is -0.101. The van der Waals surface area contributed by atoms with E-state index in [1.807, 2.05) is 12.3 Å². The van der Waals surface area contributed by atoms with Crippen LogP contribution in [0.25, 0.3) is 0 Å². The summed E-state index contributed by atoms with van der Waals surface area (Å²) in [6, 6.07) is 4.48. The number of ether oxygens (including phenoxy) is 1. The van der Waals surface area contributed by atoms with Crippen LogP contribution in [0.2, 0.25) is 0 Å². The van der Waals surface area contributed by atoms with E-state index in [1.54, 1.807) is 0 Å². The fourth-order valence-electron chi connectivity index (χ4n) is 2.30. The average Bonchev–Trinajstić information content (AvgIpc) is 2.48. The number of hydrogen-bond acceptors (Lipinski definition) is 5. The molecule has 5 heteroatoms. The maximum absolute atomic E-state index is 9.15. The molecular formula is C14H23N3O2. The third kappa shape index (κ3) is 3.65. The Hall–Kier alpha value is -1.17. The molecule has 1 aliphatic rings. The Bertz CT molecular complexity index is 383. The lowest BCUT2D eigenvalue weighted by molar-refractivity contribution is 0.00336. The van der Waals surface area contributed by atoms with Crippen LogP contribution in [0, 0.1) is 0 Å². The van der Waals surface area contributed by atoms with E-state index in [-0.39, 0.29) is 12.7 Å². The Labute approximate surface area is 114 Å². The number of morpholine rings is 1. The summed E-state index contributed by atoms with van der Waals surface area (Å²) < 4.78 is 5.44. The van der Waals surface area contributed by atoms with E-state index in [2.05, 4.69) is 35.1 Å². The van der Waals surface area contributed by atoms with Gasteiger partial charge in [-0.15, -0.1) is 0 Å². The number of pyridine rings is 1. The van der Waals surface area contributed by atoms with E-state index in [9.17, 15) is 0 Å². The Balaban J connectivity index is 2.01. The Morgan fingerprint density at radius 2 is 2.42 bits per heavy atom. The van der Waals surface area contributed by atoms with Gasteiger partial charge in [0.15, 0.2) is 0 Å². The molecule has 1 fully saturated rings. The van der Waals surface area contributed by atoms with Gasteiger partial charge in [0, 0.05) is 25.3 Å². The van der Waals surface area contributed by atoms with E-state index in [4.69, 9.17) is 9.84 Å². The van der Waals surface area contributed by atoms with Crippen molar-refractivity contribution in [3.8, 4) is 0 Å². The molecule has 2 heterocycles. The summed E-state index contributed by atoms with van der Waals surface area (Å²) >= 11 is 0. The lowest BCUT2D eigenvalue weighted by atomic mass is 10.1. The first-order valence-electron chi connectivity index (χ1n) is 6.91. The summed E-state index contributed by atoms with van der Waals surface area (Å²) in [7, 11) is 0. The van der Waals surface area contributed by atoms with E-state index >= 15 is 0 Å². The number of anilines is 1. The van der Waals surface area contributed by atoms with Crippen molar-refractivity contribution >= 4 is 5.82 Å². The highest BCUT2D eigenvalue weighted by Crippen LogP contribution is 2.18. The molecule has 0 aromatic carbocycles. The number of nitrogens with zero attached hydrogens (tertiary/aromatic N) is 2. The zero-order valence-electron chi connectivity index (χ0n) is 11.7. The summed E-state index contributed by atoms with van der Waals surface area (Å²) in [5.41, 5.74) is 1.19. The average molecular weight is 265 g/mol. The van der Waals surface area contributed by atoms with Crippen molar-refractivity contribution < 1.29 is 9.84 Å². The van der Waals surface area contributed by atoms with E-state index in [0.29, 0.717) is 19.2 Å². The van der Waals surface area contributed by atoms with Crippen LogP contribution >= 0.6 is 0 Å². The predicted octanol–water partition coefficient (Wildman–Crippen LogP) is 0.950. The Morgan fingerprint density at radius 3 is 3.05 bits per heavy atom. The summed E-state index contributed by atoms with van der Waals surface area (Å²) in [5.74, 6) is 0.953. The van der Waals surface area contributed by atoms with Crippen LogP contribution in [-0.4, -0.2) is 49.0 Å². The number of nitrogens with one attached hydrogen (secondary N) is 1. The van der Waals surface area contributed by atoms with Crippen LogP contribution in [0.1, 0.15) is 25.5 Å². The lowest BCUT2D eigenvalue weighted by Crippen LogP contribution is -2.44. The van der Waals surface area contributed by atoms with Gasteiger partial charge in [0.25, 0.3) is 0 Å². The summed E-state index contributed by atoms with van der Waals surface area (Å²) in [4.78, 5) is 6.68. The minimum absolute atomic E-state index is 0.0615. The van der Waals surface area contributed by atoms with Crippen LogP contribution < -0.4 is 10.2 Å². The number of aliphatic hydroxyl groups excluding tert-OH is 1. The van der Waals surface area contributed by atoms with Gasteiger partial charge in [-0.2, -0.15) is 0 Å². The standard InChI is InChI=1S/C14H23N3O2/c1-3-15-11(2)12-4-5-14(16-8-12)17-6-7-19-13(9-17)10-18/h4-5,8,11,13,15,18H,3,6-7,9-10H2,1-2H3. The molecule has 19 heavy (non-hydrogen) atoms. The van der Waals surface area contributed by atoms with Crippen molar-refractivity contribution in [1.82, 2.24) is 10.3 Å². The van der Waals surface area contributed by atoms with E-state index in [1.165, 1.54) is 5.56 Å². The molecule has 1 aliphatic heterocycles. The second kappa shape index (κ2) is 6.84. The van der Waals surface area contributed by atoms with Gasteiger partial charge in [0.1, 0.15) is 5.82 Å². The van der Waals surface area contributed by atoms with Gasteiger partial charge in [-0.05, 0) is 25.1 Å². The lowest BCUT2D eigenvalue weighted by Gasteiger charge is -2.33. The number of rotatable bonds is 5. The van der Waals surface area contributed by atoms with Crippen LogP contribution in [0.5, 0.6) is 0 Å². The molecule has 1 aromatic heterocycles. The SMILES string of the molecule is CCNC(C)c1ccc(N2CCOC(CO)C2)nc1. The smallest absolute Gasteiger partial charge is 0.128 e. The number of aromatic nitrogens is 1. The molecule has 106 valence electrons. The largest absolute Gasteiger partial charge is 0.394 e. The van der Waals surface area contributed by atoms with E-state index < -0.39 is 0 Å². The minimum Gasteiger partial charge on any atom is -0.394 e. The van der Waals surface area contributed by atoms with Crippen LogP contribution in [0.4, 0.5) is 5.82 Å². The van der Waals surface area contributed by atoms with Gasteiger partial charge in [0.05, 0.1) is 19.3 Å². The molecular weight excluding hydrogens is 242 g/mol. The normalized spacial score (nSPS) is 21.4. The highest BCUT2D eigenvalue weighted by molar-refractivity contribution is 5.40. The third-order valence-corrected chi connectivity index (χ3v) is 3.45. The van der Waals surface area contributed by atoms with Gasteiger partial charge >= 0.3 is 0 Å². The van der Waals surface area contributed by atoms with Crippen molar-refractivity contribution in [3.05, 3.63) is 23.9 Å². The molecule has 0 spiro atoms. The summed E-state index contributed by atoms with van der Waals surface area (Å²) in [5, 5.41) is 12.5. The number of hydrogen-bond donors (Lipinski definition) is 2. The first kappa shape index (κ1) is 14.2. The van der Waals surface area contributed by atoms with Crippen molar-refractivity contribution in [2.75, 3.05) is 37.7 Å². The fourth-order valence-corrected chi connectivity index (χ4v) is 2.30. The highest BCUT2D eigenvalue weighted by Gasteiger charge is 2.20. The molecule has 0 bridgehead atoms. The monoisotopic (exact) mass is 265 g/mol.